The van der Waals surface area contributed by atoms with Gasteiger partial charge in [-0.15, -0.1) is 22.9 Å². The van der Waals surface area contributed by atoms with E-state index >= 15 is 0 Å². The van der Waals surface area contributed by atoms with Crippen LogP contribution in [-0.4, -0.2) is 22.9 Å². The molecule has 1 aromatic heterocycles. The molecular formula is C22H21Cl2F2NOS. The first-order chi connectivity index (χ1) is 14.0. The maximum Gasteiger partial charge on any atom is 0.137 e. The maximum absolute atomic E-state index is 13.9. The molecule has 0 spiro atoms. The van der Waals surface area contributed by atoms with Crippen LogP contribution in [0.4, 0.5) is 8.78 Å². The van der Waals surface area contributed by atoms with Crippen molar-refractivity contribution in [3.05, 3.63) is 62.2 Å². The van der Waals surface area contributed by atoms with Crippen LogP contribution in [0.5, 0.6) is 0 Å². The van der Waals surface area contributed by atoms with Crippen molar-refractivity contribution >= 4 is 46.3 Å². The summed E-state index contributed by atoms with van der Waals surface area (Å²) in [6.45, 7) is 0. The lowest BCUT2D eigenvalue weighted by Gasteiger charge is -2.25. The third-order valence-electron chi connectivity index (χ3n) is 5.61. The van der Waals surface area contributed by atoms with Gasteiger partial charge in [-0.05, 0) is 60.3 Å². The Bertz CT molecular complexity index is 947. The van der Waals surface area contributed by atoms with Gasteiger partial charge >= 0.3 is 0 Å². The molecule has 1 N–H and O–H groups in total. The maximum atomic E-state index is 13.9. The molecular weight excluding hydrogens is 435 g/mol. The number of thiophene rings is 1. The monoisotopic (exact) mass is 455 g/mol. The lowest BCUT2D eigenvalue weighted by Crippen LogP contribution is -2.20. The van der Waals surface area contributed by atoms with Crippen LogP contribution in [0.3, 0.4) is 0 Å². The number of rotatable bonds is 4. The molecule has 154 valence electrons. The van der Waals surface area contributed by atoms with E-state index in [1.165, 1.54) is 17.4 Å². The summed E-state index contributed by atoms with van der Waals surface area (Å²) in [5.74, 6) is -0.548. The van der Waals surface area contributed by atoms with Gasteiger partial charge < -0.3 is 5.11 Å². The van der Waals surface area contributed by atoms with E-state index in [4.69, 9.17) is 23.2 Å². The van der Waals surface area contributed by atoms with Crippen LogP contribution in [0, 0.1) is 0 Å². The number of halogens is 4. The number of hydrogen-bond acceptors (Lipinski definition) is 3. The Hall–Kier alpha value is -1.27. The normalized spacial score (nSPS) is 28.4. The highest BCUT2D eigenvalue weighted by molar-refractivity contribution is 7.11. The number of aliphatic imine (C=N–C) groups is 1. The molecule has 2 aliphatic carbocycles. The molecule has 0 amide bonds. The molecule has 4 unspecified atom stereocenters. The molecule has 1 aromatic rings. The molecule has 1 aliphatic heterocycles. The van der Waals surface area contributed by atoms with Crippen molar-refractivity contribution in [2.45, 2.75) is 55.7 Å². The van der Waals surface area contributed by atoms with E-state index < -0.39 is 23.5 Å². The van der Waals surface area contributed by atoms with Crippen LogP contribution in [0.2, 0.25) is 0 Å². The minimum atomic E-state index is -1.06. The molecule has 2 nitrogen and oxygen atoms in total. The van der Waals surface area contributed by atoms with E-state index in [0.717, 1.165) is 40.0 Å². The van der Waals surface area contributed by atoms with Gasteiger partial charge in [0, 0.05) is 28.8 Å². The van der Waals surface area contributed by atoms with Gasteiger partial charge in [-0.25, -0.2) is 8.78 Å². The highest BCUT2D eigenvalue weighted by Crippen LogP contribution is 2.46. The Kier molecular flexibility index (Phi) is 6.40. The highest BCUT2D eigenvalue weighted by atomic mass is 35.5. The number of allylic oxidation sites excluding steroid dienone is 6. The summed E-state index contributed by atoms with van der Waals surface area (Å²) < 4.78 is 27.6. The second-order valence-corrected chi connectivity index (χ2v) is 9.43. The van der Waals surface area contributed by atoms with Gasteiger partial charge in [0.15, 0.2) is 0 Å². The van der Waals surface area contributed by atoms with Crippen LogP contribution >= 0.6 is 34.5 Å². The third-order valence-corrected chi connectivity index (χ3v) is 7.47. The molecule has 29 heavy (non-hydrogen) atoms. The summed E-state index contributed by atoms with van der Waals surface area (Å²) in [7, 11) is 0. The van der Waals surface area contributed by atoms with E-state index in [0.29, 0.717) is 12.8 Å². The summed E-state index contributed by atoms with van der Waals surface area (Å²) in [5, 5.41) is 12.9. The van der Waals surface area contributed by atoms with E-state index in [9.17, 15) is 13.9 Å². The second-order valence-electron chi connectivity index (χ2n) is 7.53. The van der Waals surface area contributed by atoms with Gasteiger partial charge in [0.2, 0.25) is 0 Å². The Morgan fingerprint density at radius 1 is 1.31 bits per heavy atom. The molecule has 0 bridgehead atoms. The molecule has 0 fully saturated rings. The Morgan fingerprint density at radius 2 is 2.14 bits per heavy atom. The van der Waals surface area contributed by atoms with Crippen molar-refractivity contribution in [1.82, 2.24) is 0 Å². The zero-order valence-corrected chi connectivity index (χ0v) is 18.0. The zero-order valence-electron chi connectivity index (χ0n) is 15.6. The van der Waals surface area contributed by atoms with Gasteiger partial charge in [-0.3, -0.25) is 4.99 Å². The SMILES string of the molecule is OC(C1=CN=CCC1)c1c(C2C=CC(F)=C(Cl)C2)csc1C1=CCC(F)C(Cl)C1. The average molecular weight is 456 g/mol. The summed E-state index contributed by atoms with van der Waals surface area (Å²) in [6.07, 6.45) is 9.22. The Balaban J connectivity index is 1.76. The van der Waals surface area contributed by atoms with Gasteiger partial charge in [0.05, 0.1) is 10.4 Å². The van der Waals surface area contributed by atoms with E-state index in [2.05, 4.69) is 4.99 Å². The molecule has 7 heteroatoms. The Labute approximate surface area is 182 Å². The lowest BCUT2D eigenvalue weighted by molar-refractivity contribution is 0.209. The first-order valence-electron chi connectivity index (χ1n) is 9.65. The predicted octanol–water partition coefficient (Wildman–Crippen LogP) is 7.12. The molecule has 3 aliphatic rings. The summed E-state index contributed by atoms with van der Waals surface area (Å²) in [5.41, 5.74) is 3.50. The highest BCUT2D eigenvalue weighted by Gasteiger charge is 2.32. The average Bonchev–Trinajstić information content (AvgIpc) is 3.17. The number of hydrogen-bond donors (Lipinski definition) is 1. The number of alkyl halides is 2. The van der Waals surface area contributed by atoms with Crippen molar-refractivity contribution in [2.24, 2.45) is 4.99 Å². The minimum absolute atomic E-state index is 0.130. The molecule has 2 heterocycles. The first-order valence-corrected chi connectivity index (χ1v) is 11.3. The fraction of sp³-hybridized carbons (Fsp3) is 0.409. The van der Waals surface area contributed by atoms with Crippen molar-refractivity contribution in [3.63, 3.8) is 0 Å². The van der Waals surface area contributed by atoms with Gasteiger partial charge in [0.25, 0.3) is 0 Å². The standard InChI is InChI=1S/C22H21Cl2F2NOS/c23-16-8-12(3-5-18(16)25)15-11-29-22(13-4-6-19(26)17(24)9-13)20(15)21(28)14-2-1-7-27-10-14/h3-5,7,10-12,17,19,21,28H,1-2,6,8-9H2. The molecule has 0 aromatic carbocycles. The summed E-state index contributed by atoms with van der Waals surface area (Å²) >= 11 is 13.8. The van der Waals surface area contributed by atoms with Crippen LogP contribution in [-0.2, 0) is 0 Å². The second kappa shape index (κ2) is 8.84. The van der Waals surface area contributed by atoms with Crippen LogP contribution in [0.1, 0.15) is 60.1 Å². The molecule has 0 radical (unpaired) electrons. The number of aliphatic hydroxyl groups excluding tert-OH is 1. The van der Waals surface area contributed by atoms with Crippen LogP contribution < -0.4 is 0 Å². The zero-order chi connectivity index (χ0) is 20.5. The fourth-order valence-electron chi connectivity index (χ4n) is 3.98. The van der Waals surface area contributed by atoms with E-state index in [1.807, 2.05) is 17.7 Å². The topological polar surface area (TPSA) is 32.6 Å². The van der Waals surface area contributed by atoms with E-state index in [-0.39, 0.29) is 17.4 Å². The fourth-order valence-corrected chi connectivity index (χ4v) is 5.70. The van der Waals surface area contributed by atoms with Crippen molar-refractivity contribution < 1.29 is 13.9 Å². The molecule has 4 rings (SSSR count). The summed E-state index contributed by atoms with van der Waals surface area (Å²) in [6, 6.07) is 0. The van der Waals surface area contributed by atoms with E-state index in [1.54, 1.807) is 12.3 Å². The van der Waals surface area contributed by atoms with Crippen LogP contribution in [0.15, 0.2) is 51.2 Å². The van der Waals surface area contributed by atoms with Crippen molar-refractivity contribution in [2.75, 3.05) is 0 Å². The van der Waals surface area contributed by atoms with Gasteiger partial charge in [0.1, 0.15) is 18.1 Å². The Morgan fingerprint density at radius 3 is 2.83 bits per heavy atom. The van der Waals surface area contributed by atoms with Gasteiger partial charge in [-0.1, -0.05) is 23.8 Å². The molecule has 0 saturated carbocycles. The molecule has 4 atom stereocenters. The number of nitrogens with zero attached hydrogens (tertiary/aromatic N) is 1. The van der Waals surface area contributed by atoms with Crippen molar-refractivity contribution in [3.8, 4) is 0 Å². The lowest BCUT2D eigenvalue weighted by atomic mass is 9.84. The number of aliphatic hydroxyl groups is 1. The summed E-state index contributed by atoms with van der Waals surface area (Å²) in [4.78, 5) is 5.11. The largest absolute Gasteiger partial charge is 0.384 e. The predicted molar refractivity (Wildman–Crippen MR) is 117 cm³/mol. The van der Waals surface area contributed by atoms with Crippen molar-refractivity contribution in [1.29, 1.82) is 0 Å². The quantitative estimate of drug-likeness (QED) is 0.481. The van der Waals surface area contributed by atoms with Crippen LogP contribution in [0.25, 0.3) is 5.57 Å². The smallest absolute Gasteiger partial charge is 0.137 e. The minimum Gasteiger partial charge on any atom is -0.384 e. The first kappa shape index (κ1) is 21.0. The van der Waals surface area contributed by atoms with Gasteiger partial charge in [-0.2, -0.15) is 0 Å². The molecule has 0 saturated heterocycles. The third kappa shape index (κ3) is 4.29.